The van der Waals surface area contributed by atoms with Gasteiger partial charge in [0.05, 0.1) is 5.69 Å². The first-order chi connectivity index (χ1) is 13.2. The monoisotopic (exact) mass is 381 g/mol. The molecule has 0 bridgehead atoms. The molecule has 1 heterocycles. The van der Waals surface area contributed by atoms with Gasteiger partial charge in [0.2, 0.25) is 11.8 Å². The largest absolute Gasteiger partial charge is 0.476 e. The number of carbonyl (C=O) groups is 3. The first-order valence-electron chi connectivity index (χ1n) is 8.95. The van der Waals surface area contributed by atoms with Gasteiger partial charge in [-0.2, -0.15) is 0 Å². The van der Waals surface area contributed by atoms with Crippen molar-refractivity contribution in [1.82, 2.24) is 0 Å². The van der Waals surface area contributed by atoms with Crippen LogP contribution in [0.2, 0.25) is 0 Å². The average molecular weight is 381 g/mol. The lowest BCUT2D eigenvalue weighted by Gasteiger charge is -2.38. The maximum atomic E-state index is 12.8. The highest BCUT2D eigenvalue weighted by Crippen LogP contribution is 2.38. The maximum absolute atomic E-state index is 12.8. The van der Waals surface area contributed by atoms with Gasteiger partial charge in [-0.25, -0.2) is 0 Å². The van der Waals surface area contributed by atoms with E-state index in [1.165, 1.54) is 11.8 Å². The molecule has 3 amide bonds. The topological polar surface area (TPSA) is 87.7 Å². The lowest BCUT2D eigenvalue weighted by atomic mass is 10.0. The summed E-state index contributed by atoms with van der Waals surface area (Å²) < 4.78 is 5.80. The molecular formula is C21H23N3O4. The van der Waals surface area contributed by atoms with E-state index in [0.29, 0.717) is 22.8 Å². The smallest absolute Gasteiger partial charge is 0.271 e. The van der Waals surface area contributed by atoms with Gasteiger partial charge in [-0.15, -0.1) is 0 Å². The average Bonchev–Trinajstić information content (AvgIpc) is 2.61. The Bertz CT molecular complexity index is 935. The standard InChI is InChI=1S/C21H23N3O4/c1-13-5-10-18-17(11-13)24(20(27)21(3,4)28-18)12-19(26)23-16-8-6-15(7-9-16)22-14(2)25/h5-11H,12H2,1-4H3,(H,22,25)(H,23,26). The Morgan fingerprint density at radius 1 is 1.04 bits per heavy atom. The van der Waals surface area contributed by atoms with Gasteiger partial charge in [0.1, 0.15) is 12.3 Å². The molecule has 2 aromatic carbocycles. The van der Waals surface area contributed by atoms with E-state index in [2.05, 4.69) is 10.6 Å². The number of fused-ring (bicyclic) bond motifs is 1. The van der Waals surface area contributed by atoms with Crippen LogP contribution in [0.15, 0.2) is 42.5 Å². The molecule has 0 saturated carbocycles. The van der Waals surface area contributed by atoms with E-state index in [1.54, 1.807) is 38.1 Å². The number of ether oxygens (including phenoxy) is 1. The Hall–Kier alpha value is -3.35. The summed E-state index contributed by atoms with van der Waals surface area (Å²) in [5.41, 5.74) is 1.71. The van der Waals surface area contributed by atoms with E-state index < -0.39 is 5.60 Å². The number of nitrogens with one attached hydrogen (secondary N) is 2. The van der Waals surface area contributed by atoms with Crippen molar-refractivity contribution >= 4 is 34.8 Å². The molecule has 0 unspecified atom stereocenters. The molecular weight excluding hydrogens is 358 g/mol. The Kier molecular flexibility index (Phi) is 5.09. The minimum absolute atomic E-state index is 0.129. The van der Waals surface area contributed by atoms with Crippen LogP contribution in [0.4, 0.5) is 17.1 Å². The minimum Gasteiger partial charge on any atom is -0.476 e. The second-order valence-electron chi connectivity index (χ2n) is 7.28. The van der Waals surface area contributed by atoms with E-state index in [1.807, 2.05) is 25.1 Å². The number of hydrogen-bond acceptors (Lipinski definition) is 4. The first-order valence-corrected chi connectivity index (χ1v) is 8.95. The Morgan fingerprint density at radius 3 is 2.25 bits per heavy atom. The molecule has 0 atom stereocenters. The molecule has 3 rings (SSSR count). The lowest BCUT2D eigenvalue weighted by molar-refractivity contribution is -0.133. The Balaban J connectivity index is 1.76. The molecule has 1 aliphatic heterocycles. The van der Waals surface area contributed by atoms with E-state index in [9.17, 15) is 14.4 Å². The molecule has 0 aromatic heterocycles. The van der Waals surface area contributed by atoms with Gasteiger partial charge in [-0.1, -0.05) is 6.07 Å². The molecule has 2 N–H and O–H groups in total. The van der Waals surface area contributed by atoms with Crippen molar-refractivity contribution in [2.75, 3.05) is 22.1 Å². The minimum atomic E-state index is -1.05. The van der Waals surface area contributed by atoms with Crippen LogP contribution >= 0.6 is 0 Å². The molecule has 1 aliphatic rings. The van der Waals surface area contributed by atoms with Crippen molar-refractivity contribution in [3.63, 3.8) is 0 Å². The number of anilines is 3. The van der Waals surface area contributed by atoms with Crippen LogP contribution in [0.25, 0.3) is 0 Å². The molecule has 28 heavy (non-hydrogen) atoms. The van der Waals surface area contributed by atoms with Gasteiger partial charge in [0.25, 0.3) is 5.91 Å². The molecule has 146 valence electrons. The van der Waals surface area contributed by atoms with Crippen molar-refractivity contribution in [1.29, 1.82) is 0 Å². The highest BCUT2D eigenvalue weighted by Gasteiger charge is 2.41. The predicted octanol–water partition coefficient (Wildman–Crippen LogP) is 3.10. The van der Waals surface area contributed by atoms with E-state index in [4.69, 9.17) is 4.74 Å². The zero-order chi connectivity index (χ0) is 20.5. The van der Waals surface area contributed by atoms with E-state index in [-0.39, 0.29) is 24.3 Å². The van der Waals surface area contributed by atoms with E-state index in [0.717, 1.165) is 5.56 Å². The van der Waals surface area contributed by atoms with Crippen molar-refractivity contribution in [2.45, 2.75) is 33.3 Å². The van der Waals surface area contributed by atoms with Crippen molar-refractivity contribution in [2.24, 2.45) is 0 Å². The van der Waals surface area contributed by atoms with Crippen LogP contribution in [-0.2, 0) is 14.4 Å². The van der Waals surface area contributed by atoms with Gasteiger partial charge in [0.15, 0.2) is 5.60 Å². The third kappa shape index (κ3) is 4.14. The van der Waals surface area contributed by atoms with Crippen LogP contribution in [0, 0.1) is 6.92 Å². The summed E-state index contributed by atoms with van der Waals surface area (Å²) in [6.45, 7) is 6.58. The summed E-state index contributed by atoms with van der Waals surface area (Å²) in [6.07, 6.45) is 0. The van der Waals surface area contributed by atoms with Gasteiger partial charge in [-0.3, -0.25) is 19.3 Å². The number of aryl methyl sites for hydroxylation is 1. The summed E-state index contributed by atoms with van der Waals surface area (Å²) in [6, 6.07) is 12.3. The van der Waals surface area contributed by atoms with Crippen LogP contribution in [0.5, 0.6) is 5.75 Å². The molecule has 0 radical (unpaired) electrons. The summed E-state index contributed by atoms with van der Waals surface area (Å²) >= 11 is 0. The summed E-state index contributed by atoms with van der Waals surface area (Å²) in [7, 11) is 0. The number of carbonyl (C=O) groups excluding carboxylic acids is 3. The van der Waals surface area contributed by atoms with Gasteiger partial charge >= 0.3 is 0 Å². The fourth-order valence-corrected chi connectivity index (χ4v) is 3.02. The van der Waals surface area contributed by atoms with Gasteiger partial charge in [-0.05, 0) is 62.7 Å². The molecule has 2 aromatic rings. The molecule has 0 saturated heterocycles. The van der Waals surface area contributed by atoms with Crippen LogP contribution in [0.1, 0.15) is 26.3 Å². The quantitative estimate of drug-likeness (QED) is 0.852. The van der Waals surface area contributed by atoms with Crippen molar-refractivity contribution < 1.29 is 19.1 Å². The normalized spacial score (nSPS) is 14.7. The zero-order valence-electron chi connectivity index (χ0n) is 16.3. The third-order valence-electron chi connectivity index (χ3n) is 4.32. The Labute approximate surface area is 163 Å². The SMILES string of the molecule is CC(=O)Nc1ccc(NC(=O)CN2C(=O)C(C)(C)Oc3ccc(C)cc32)cc1. The van der Waals surface area contributed by atoms with Crippen molar-refractivity contribution in [3.8, 4) is 5.75 Å². The second kappa shape index (κ2) is 7.34. The number of nitrogens with zero attached hydrogens (tertiary/aromatic N) is 1. The van der Waals surface area contributed by atoms with E-state index >= 15 is 0 Å². The third-order valence-corrected chi connectivity index (χ3v) is 4.32. The summed E-state index contributed by atoms with van der Waals surface area (Å²) in [4.78, 5) is 37.9. The number of benzene rings is 2. The predicted molar refractivity (Wildman–Crippen MR) is 108 cm³/mol. The second-order valence-corrected chi connectivity index (χ2v) is 7.28. The fraction of sp³-hybridized carbons (Fsp3) is 0.286. The zero-order valence-corrected chi connectivity index (χ0v) is 16.3. The molecule has 7 nitrogen and oxygen atoms in total. The molecule has 0 fully saturated rings. The summed E-state index contributed by atoms with van der Waals surface area (Å²) in [5, 5.41) is 5.44. The molecule has 7 heteroatoms. The van der Waals surface area contributed by atoms with Crippen molar-refractivity contribution in [3.05, 3.63) is 48.0 Å². The number of amides is 3. The highest BCUT2D eigenvalue weighted by atomic mass is 16.5. The van der Waals surface area contributed by atoms with Crippen LogP contribution < -0.4 is 20.3 Å². The Morgan fingerprint density at radius 2 is 1.64 bits per heavy atom. The maximum Gasteiger partial charge on any atom is 0.271 e. The van der Waals surface area contributed by atoms with Gasteiger partial charge in [0, 0.05) is 18.3 Å². The van der Waals surface area contributed by atoms with Gasteiger partial charge < -0.3 is 15.4 Å². The highest BCUT2D eigenvalue weighted by molar-refractivity contribution is 6.07. The number of rotatable bonds is 4. The first kappa shape index (κ1) is 19.4. The van der Waals surface area contributed by atoms with Crippen LogP contribution in [-0.4, -0.2) is 29.9 Å². The summed E-state index contributed by atoms with van der Waals surface area (Å²) in [5.74, 6) is -0.200. The number of hydrogen-bond donors (Lipinski definition) is 2. The fourth-order valence-electron chi connectivity index (χ4n) is 3.02. The molecule has 0 spiro atoms. The van der Waals surface area contributed by atoms with Crippen LogP contribution in [0.3, 0.4) is 0 Å². The lowest BCUT2D eigenvalue weighted by Crippen LogP contribution is -2.54. The molecule has 0 aliphatic carbocycles.